The summed E-state index contributed by atoms with van der Waals surface area (Å²) in [5, 5.41) is 1.83. The molecule has 1 saturated heterocycles. The fourth-order valence-electron chi connectivity index (χ4n) is 4.03. The molecule has 0 bridgehead atoms. The first-order valence-corrected chi connectivity index (χ1v) is 13.4. The predicted octanol–water partition coefficient (Wildman–Crippen LogP) is 5.88. The number of amides is 1. The second kappa shape index (κ2) is 12.0. The molecule has 3 aromatic rings. The van der Waals surface area contributed by atoms with Crippen molar-refractivity contribution >= 4 is 52.4 Å². The van der Waals surface area contributed by atoms with Crippen molar-refractivity contribution < 1.29 is 4.79 Å². The van der Waals surface area contributed by atoms with Gasteiger partial charge in [-0.3, -0.25) is 4.79 Å². The van der Waals surface area contributed by atoms with Gasteiger partial charge in [0.05, 0.1) is 10.7 Å². The van der Waals surface area contributed by atoms with Gasteiger partial charge in [0, 0.05) is 57.2 Å². The van der Waals surface area contributed by atoms with Gasteiger partial charge in [0.1, 0.15) is 11.0 Å². The van der Waals surface area contributed by atoms with Crippen molar-refractivity contribution in [3.63, 3.8) is 0 Å². The molecule has 0 spiro atoms. The van der Waals surface area contributed by atoms with Crippen LogP contribution in [0.3, 0.4) is 0 Å². The number of nitrogens with zero attached hydrogens (tertiary/aromatic N) is 5. The molecule has 4 rings (SSSR count). The zero-order chi connectivity index (χ0) is 24.8. The highest BCUT2D eigenvalue weighted by molar-refractivity contribution is 7.98. The summed E-state index contributed by atoms with van der Waals surface area (Å²) in [5.74, 6) is 1.58. The Morgan fingerprint density at radius 2 is 1.74 bits per heavy atom. The number of rotatable bonds is 8. The van der Waals surface area contributed by atoms with Crippen LogP contribution in [-0.2, 0) is 5.75 Å². The summed E-state index contributed by atoms with van der Waals surface area (Å²) in [6, 6.07) is 17.4. The number of halogens is 2. The van der Waals surface area contributed by atoms with Crippen LogP contribution in [0.2, 0.25) is 10.2 Å². The van der Waals surface area contributed by atoms with Gasteiger partial charge in [0.2, 0.25) is 0 Å². The lowest BCUT2D eigenvalue weighted by Gasteiger charge is -2.36. The number of carbonyl (C=O) groups excluding carboxylic acids is 1. The number of piperazine rings is 1. The minimum absolute atomic E-state index is 0.0600. The van der Waals surface area contributed by atoms with Crippen molar-refractivity contribution in [1.29, 1.82) is 0 Å². The van der Waals surface area contributed by atoms with E-state index in [1.807, 2.05) is 60.5 Å². The highest BCUT2D eigenvalue weighted by atomic mass is 35.5. The van der Waals surface area contributed by atoms with Gasteiger partial charge < -0.3 is 14.7 Å². The van der Waals surface area contributed by atoms with Crippen LogP contribution in [0.25, 0.3) is 0 Å². The number of anilines is 2. The van der Waals surface area contributed by atoms with Gasteiger partial charge >= 0.3 is 0 Å². The zero-order valence-electron chi connectivity index (χ0n) is 20.0. The SMILES string of the molecule is CCCN(C)c1cc(Cl)nc(SCc2ccc(C(=O)N3CCN(c4ccccc4Cl)CC3)cc2)n1. The molecule has 2 heterocycles. The molecule has 0 unspecified atom stereocenters. The molecular formula is C26H29Cl2N5OS. The lowest BCUT2D eigenvalue weighted by Crippen LogP contribution is -2.48. The molecular weight excluding hydrogens is 501 g/mol. The Kier molecular flexibility index (Phi) is 8.76. The topological polar surface area (TPSA) is 52.6 Å². The van der Waals surface area contributed by atoms with Crippen molar-refractivity contribution in [2.45, 2.75) is 24.3 Å². The average Bonchev–Trinajstić information content (AvgIpc) is 2.88. The molecule has 184 valence electrons. The van der Waals surface area contributed by atoms with Crippen LogP contribution < -0.4 is 9.80 Å². The van der Waals surface area contributed by atoms with Crippen molar-refractivity contribution in [3.8, 4) is 0 Å². The van der Waals surface area contributed by atoms with E-state index in [0.29, 0.717) is 34.7 Å². The number of benzene rings is 2. The molecule has 1 fully saturated rings. The maximum Gasteiger partial charge on any atom is 0.253 e. The third-order valence-electron chi connectivity index (χ3n) is 5.94. The van der Waals surface area contributed by atoms with Gasteiger partial charge in [-0.05, 0) is 36.2 Å². The number of hydrogen-bond donors (Lipinski definition) is 0. The molecule has 0 N–H and O–H groups in total. The summed E-state index contributed by atoms with van der Waals surface area (Å²) in [6.45, 7) is 5.90. The van der Waals surface area contributed by atoms with E-state index >= 15 is 0 Å². The third-order valence-corrected chi connectivity index (χ3v) is 7.37. The highest BCUT2D eigenvalue weighted by Gasteiger charge is 2.23. The van der Waals surface area contributed by atoms with Gasteiger partial charge in [-0.2, -0.15) is 0 Å². The van der Waals surface area contributed by atoms with Crippen molar-refractivity contribution in [3.05, 3.63) is 75.9 Å². The van der Waals surface area contributed by atoms with Crippen LogP contribution in [0.1, 0.15) is 29.3 Å². The van der Waals surface area contributed by atoms with Crippen LogP contribution >= 0.6 is 35.0 Å². The summed E-state index contributed by atoms with van der Waals surface area (Å²) < 4.78 is 0. The summed E-state index contributed by atoms with van der Waals surface area (Å²) >= 11 is 14.1. The predicted molar refractivity (Wildman–Crippen MR) is 146 cm³/mol. The number of hydrogen-bond acceptors (Lipinski definition) is 6. The Hall–Kier alpha value is -2.48. The Bertz CT molecular complexity index is 1150. The molecule has 35 heavy (non-hydrogen) atoms. The molecule has 9 heteroatoms. The molecule has 2 aromatic carbocycles. The fraction of sp³-hybridized carbons (Fsp3) is 0.346. The molecule has 6 nitrogen and oxygen atoms in total. The van der Waals surface area contributed by atoms with Crippen LogP contribution in [0.4, 0.5) is 11.5 Å². The first kappa shape index (κ1) is 25.6. The third kappa shape index (κ3) is 6.60. The van der Waals surface area contributed by atoms with Crippen LogP contribution in [0.15, 0.2) is 59.8 Å². The van der Waals surface area contributed by atoms with Gasteiger partial charge in [-0.1, -0.05) is 66.2 Å². The first-order valence-electron chi connectivity index (χ1n) is 11.7. The maximum atomic E-state index is 13.0. The van der Waals surface area contributed by atoms with E-state index in [4.69, 9.17) is 23.2 Å². The maximum absolute atomic E-state index is 13.0. The van der Waals surface area contributed by atoms with E-state index in [0.717, 1.165) is 48.1 Å². The van der Waals surface area contributed by atoms with Gasteiger partial charge in [-0.15, -0.1) is 0 Å². The minimum Gasteiger partial charge on any atom is -0.367 e. The number of para-hydroxylation sites is 1. The van der Waals surface area contributed by atoms with Crippen LogP contribution in [0.5, 0.6) is 0 Å². The molecule has 0 aliphatic carbocycles. The van der Waals surface area contributed by atoms with Gasteiger partial charge in [-0.25, -0.2) is 9.97 Å². The normalized spacial score (nSPS) is 13.7. The quantitative estimate of drug-likeness (QED) is 0.206. The second-order valence-electron chi connectivity index (χ2n) is 8.47. The van der Waals surface area contributed by atoms with Crippen LogP contribution in [0, 0.1) is 0 Å². The summed E-state index contributed by atoms with van der Waals surface area (Å²) in [5.41, 5.74) is 2.82. The number of aromatic nitrogens is 2. The lowest BCUT2D eigenvalue weighted by molar-refractivity contribution is 0.0747. The molecule has 1 amide bonds. The van der Waals surface area contributed by atoms with E-state index < -0.39 is 0 Å². The highest BCUT2D eigenvalue weighted by Crippen LogP contribution is 2.27. The van der Waals surface area contributed by atoms with E-state index in [2.05, 4.69) is 26.7 Å². The number of thioether (sulfide) groups is 1. The fourth-order valence-corrected chi connectivity index (χ4v) is 5.32. The standard InChI is InChI=1S/C26H29Cl2N5OS/c1-3-12-31(2)24-17-23(28)29-26(30-24)35-18-19-8-10-20(11-9-19)25(34)33-15-13-32(14-16-33)22-7-5-4-6-21(22)27/h4-11,17H,3,12-16,18H2,1-2H3. The van der Waals surface area contributed by atoms with Crippen molar-refractivity contribution in [2.24, 2.45) is 0 Å². The molecule has 1 aromatic heterocycles. The van der Waals surface area contributed by atoms with Gasteiger partial charge in [0.25, 0.3) is 5.91 Å². The molecule has 0 saturated carbocycles. The summed E-state index contributed by atoms with van der Waals surface area (Å²) in [6.07, 6.45) is 1.03. The van der Waals surface area contributed by atoms with E-state index in [1.54, 1.807) is 6.07 Å². The Morgan fingerprint density at radius 1 is 1.03 bits per heavy atom. The molecule has 0 radical (unpaired) electrons. The van der Waals surface area contributed by atoms with E-state index in [1.165, 1.54) is 11.8 Å². The lowest BCUT2D eigenvalue weighted by atomic mass is 10.1. The smallest absolute Gasteiger partial charge is 0.253 e. The molecule has 1 aliphatic rings. The average molecular weight is 531 g/mol. The molecule has 1 aliphatic heterocycles. The largest absolute Gasteiger partial charge is 0.367 e. The Balaban J connectivity index is 1.32. The van der Waals surface area contributed by atoms with E-state index in [9.17, 15) is 4.79 Å². The van der Waals surface area contributed by atoms with Crippen LogP contribution in [-0.4, -0.2) is 60.5 Å². The minimum atomic E-state index is 0.0600. The zero-order valence-corrected chi connectivity index (χ0v) is 22.3. The second-order valence-corrected chi connectivity index (χ2v) is 10.2. The molecule has 0 atom stereocenters. The first-order chi connectivity index (χ1) is 16.9. The van der Waals surface area contributed by atoms with E-state index in [-0.39, 0.29) is 5.91 Å². The summed E-state index contributed by atoms with van der Waals surface area (Å²) in [4.78, 5) is 28.2. The summed E-state index contributed by atoms with van der Waals surface area (Å²) in [7, 11) is 2.00. The van der Waals surface area contributed by atoms with Crippen molar-refractivity contribution in [2.75, 3.05) is 49.6 Å². The van der Waals surface area contributed by atoms with Gasteiger partial charge in [0.15, 0.2) is 5.16 Å². The Morgan fingerprint density at radius 3 is 2.43 bits per heavy atom. The monoisotopic (exact) mass is 529 g/mol. The Labute approximate surface area is 221 Å². The van der Waals surface area contributed by atoms with Crippen molar-refractivity contribution in [1.82, 2.24) is 14.9 Å². The number of carbonyl (C=O) groups is 1.